The first-order valence-corrected chi connectivity index (χ1v) is 7.40. The molecule has 6 nitrogen and oxygen atoms in total. The fourth-order valence-electron chi connectivity index (χ4n) is 2.68. The molecular weight excluding hydrogens is 266 g/mol. The molecule has 2 aromatic rings. The third-order valence-electron chi connectivity index (χ3n) is 3.94. The number of pyridine rings is 1. The van der Waals surface area contributed by atoms with Gasteiger partial charge in [-0.3, -0.25) is 9.88 Å². The van der Waals surface area contributed by atoms with Crippen molar-refractivity contribution in [1.82, 2.24) is 24.6 Å². The van der Waals surface area contributed by atoms with Gasteiger partial charge in [0.15, 0.2) is 5.82 Å². The van der Waals surface area contributed by atoms with Gasteiger partial charge >= 0.3 is 0 Å². The molecule has 3 heterocycles. The van der Waals surface area contributed by atoms with Crippen LogP contribution >= 0.6 is 0 Å². The van der Waals surface area contributed by atoms with Crippen LogP contribution in [0.4, 0.5) is 0 Å². The molecular formula is C15H21N5O. The standard InChI is InChI=1S/C15H21N5O/c1-3-20-11-17-18-15(20)14-10-19(7-8-21-14)9-13-5-4-6-16-12(13)2/h4-6,11,14H,3,7-10H2,1-2H3/t14-/m1/s1. The Kier molecular flexibility index (Phi) is 4.26. The Morgan fingerprint density at radius 3 is 3.14 bits per heavy atom. The first-order chi connectivity index (χ1) is 10.3. The van der Waals surface area contributed by atoms with Crippen LogP contribution in [0.3, 0.4) is 0 Å². The van der Waals surface area contributed by atoms with E-state index in [1.807, 2.05) is 16.8 Å². The Labute approximate surface area is 124 Å². The topological polar surface area (TPSA) is 56.1 Å². The molecule has 1 atom stereocenters. The van der Waals surface area contributed by atoms with Crippen molar-refractivity contribution in [2.24, 2.45) is 0 Å². The van der Waals surface area contributed by atoms with Gasteiger partial charge in [-0.2, -0.15) is 0 Å². The highest BCUT2D eigenvalue weighted by Gasteiger charge is 2.26. The summed E-state index contributed by atoms with van der Waals surface area (Å²) >= 11 is 0. The van der Waals surface area contributed by atoms with E-state index >= 15 is 0 Å². The molecule has 0 aromatic carbocycles. The quantitative estimate of drug-likeness (QED) is 0.854. The van der Waals surface area contributed by atoms with Gasteiger partial charge in [0.25, 0.3) is 0 Å². The minimum atomic E-state index is -0.00169. The summed E-state index contributed by atoms with van der Waals surface area (Å²) in [6, 6.07) is 4.13. The monoisotopic (exact) mass is 287 g/mol. The number of nitrogens with zero attached hydrogens (tertiary/aromatic N) is 5. The van der Waals surface area contributed by atoms with Crippen LogP contribution in [0.2, 0.25) is 0 Å². The van der Waals surface area contributed by atoms with Gasteiger partial charge in [-0.05, 0) is 25.5 Å². The third-order valence-corrected chi connectivity index (χ3v) is 3.94. The van der Waals surface area contributed by atoms with E-state index in [2.05, 4.69) is 40.0 Å². The molecule has 6 heteroatoms. The minimum absolute atomic E-state index is 0.00169. The molecule has 1 aliphatic rings. The summed E-state index contributed by atoms with van der Waals surface area (Å²) in [4.78, 5) is 6.75. The SMILES string of the molecule is CCn1cnnc1[C@H]1CN(Cc2cccnc2C)CCO1. The Morgan fingerprint density at radius 2 is 2.33 bits per heavy atom. The van der Waals surface area contributed by atoms with Gasteiger partial charge in [-0.25, -0.2) is 0 Å². The number of aryl methyl sites for hydroxylation is 2. The lowest BCUT2D eigenvalue weighted by molar-refractivity contribution is -0.0389. The smallest absolute Gasteiger partial charge is 0.163 e. The average molecular weight is 287 g/mol. The lowest BCUT2D eigenvalue weighted by atomic mass is 10.1. The van der Waals surface area contributed by atoms with Crippen molar-refractivity contribution >= 4 is 0 Å². The number of morpholine rings is 1. The number of ether oxygens (including phenoxy) is 1. The van der Waals surface area contributed by atoms with Crippen molar-refractivity contribution in [3.63, 3.8) is 0 Å². The highest BCUT2D eigenvalue weighted by atomic mass is 16.5. The zero-order chi connectivity index (χ0) is 14.7. The van der Waals surface area contributed by atoms with E-state index < -0.39 is 0 Å². The predicted molar refractivity (Wildman–Crippen MR) is 78.6 cm³/mol. The number of rotatable bonds is 4. The number of hydrogen-bond acceptors (Lipinski definition) is 5. The third kappa shape index (κ3) is 3.11. The maximum absolute atomic E-state index is 5.88. The van der Waals surface area contributed by atoms with Gasteiger partial charge in [0.05, 0.1) is 6.61 Å². The lowest BCUT2D eigenvalue weighted by Crippen LogP contribution is -2.38. The fourth-order valence-corrected chi connectivity index (χ4v) is 2.68. The largest absolute Gasteiger partial charge is 0.368 e. The van der Waals surface area contributed by atoms with E-state index in [0.29, 0.717) is 0 Å². The fraction of sp³-hybridized carbons (Fsp3) is 0.533. The molecule has 0 saturated carbocycles. The second-order valence-electron chi connectivity index (χ2n) is 5.32. The van der Waals surface area contributed by atoms with Gasteiger partial charge in [-0.15, -0.1) is 10.2 Å². The van der Waals surface area contributed by atoms with Crippen molar-refractivity contribution in [1.29, 1.82) is 0 Å². The van der Waals surface area contributed by atoms with Crippen LogP contribution in [0.5, 0.6) is 0 Å². The first-order valence-electron chi connectivity index (χ1n) is 7.40. The van der Waals surface area contributed by atoms with Crippen molar-refractivity contribution in [3.8, 4) is 0 Å². The van der Waals surface area contributed by atoms with Crippen LogP contribution in [0, 0.1) is 6.92 Å². The van der Waals surface area contributed by atoms with Crippen molar-refractivity contribution in [3.05, 3.63) is 41.7 Å². The van der Waals surface area contributed by atoms with E-state index in [1.54, 1.807) is 6.33 Å². The van der Waals surface area contributed by atoms with Crippen molar-refractivity contribution in [2.75, 3.05) is 19.7 Å². The van der Waals surface area contributed by atoms with Crippen molar-refractivity contribution in [2.45, 2.75) is 33.0 Å². The van der Waals surface area contributed by atoms with E-state index in [9.17, 15) is 0 Å². The molecule has 1 saturated heterocycles. The Balaban J connectivity index is 1.70. The Hall–Kier alpha value is -1.79. The van der Waals surface area contributed by atoms with Crippen molar-refractivity contribution < 1.29 is 4.74 Å². The van der Waals surface area contributed by atoms with Gasteiger partial charge in [-0.1, -0.05) is 6.07 Å². The molecule has 0 bridgehead atoms. The highest BCUT2D eigenvalue weighted by Crippen LogP contribution is 2.22. The second-order valence-corrected chi connectivity index (χ2v) is 5.32. The minimum Gasteiger partial charge on any atom is -0.368 e. The average Bonchev–Trinajstić information content (AvgIpc) is 2.98. The van der Waals surface area contributed by atoms with Crippen LogP contribution in [0.1, 0.15) is 30.1 Å². The molecule has 0 amide bonds. The summed E-state index contributed by atoms with van der Waals surface area (Å²) in [7, 11) is 0. The van der Waals surface area contributed by atoms with E-state index in [1.165, 1.54) is 5.56 Å². The van der Waals surface area contributed by atoms with E-state index in [-0.39, 0.29) is 6.10 Å². The van der Waals surface area contributed by atoms with Crippen LogP contribution in [0.25, 0.3) is 0 Å². The predicted octanol–water partition coefficient (Wildman–Crippen LogP) is 1.57. The summed E-state index contributed by atoms with van der Waals surface area (Å²) < 4.78 is 7.93. The summed E-state index contributed by atoms with van der Waals surface area (Å²) in [6.07, 6.45) is 3.60. The molecule has 112 valence electrons. The zero-order valence-corrected chi connectivity index (χ0v) is 12.6. The molecule has 1 fully saturated rings. The molecule has 0 radical (unpaired) electrons. The molecule has 0 N–H and O–H groups in total. The molecule has 2 aromatic heterocycles. The number of aromatic nitrogens is 4. The van der Waals surface area contributed by atoms with Gasteiger partial charge < -0.3 is 9.30 Å². The molecule has 0 spiro atoms. The Morgan fingerprint density at radius 1 is 1.43 bits per heavy atom. The first kappa shape index (κ1) is 14.2. The summed E-state index contributed by atoms with van der Waals surface area (Å²) in [5, 5.41) is 8.21. The van der Waals surface area contributed by atoms with Crippen LogP contribution < -0.4 is 0 Å². The maximum Gasteiger partial charge on any atom is 0.163 e. The van der Waals surface area contributed by atoms with Crippen LogP contribution in [0.15, 0.2) is 24.7 Å². The van der Waals surface area contributed by atoms with E-state index in [4.69, 9.17) is 4.74 Å². The molecule has 21 heavy (non-hydrogen) atoms. The maximum atomic E-state index is 5.88. The van der Waals surface area contributed by atoms with E-state index in [0.717, 1.165) is 44.3 Å². The normalized spacial score (nSPS) is 19.8. The highest BCUT2D eigenvalue weighted by molar-refractivity contribution is 5.18. The van der Waals surface area contributed by atoms with Gasteiger partial charge in [0.2, 0.25) is 0 Å². The lowest BCUT2D eigenvalue weighted by Gasteiger charge is -2.32. The summed E-state index contributed by atoms with van der Waals surface area (Å²) in [5.74, 6) is 0.921. The number of hydrogen-bond donors (Lipinski definition) is 0. The molecule has 1 aliphatic heterocycles. The Bertz CT molecular complexity index is 597. The van der Waals surface area contributed by atoms with Crippen LogP contribution in [-0.4, -0.2) is 44.3 Å². The molecule has 3 rings (SSSR count). The molecule has 0 aliphatic carbocycles. The zero-order valence-electron chi connectivity index (χ0n) is 12.6. The van der Waals surface area contributed by atoms with Crippen LogP contribution in [-0.2, 0) is 17.8 Å². The second kappa shape index (κ2) is 6.32. The summed E-state index contributed by atoms with van der Waals surface area (Å²) in [6.45, 7) is 8.41. The van der Waals surface area contributed by atoms with Gasteiger partial charge in [0, 0.05) is 38.1 Å². The molecule has 0 unspecified atom stereocenters. The summed E-state index contributed by atoms with van der Waals surface area (Å²) in [5.41, 5.74) is 2.37. The van der Waals surface area contributed by atoms with Gasteiger partial charge in [0.1, 0.15) is 12.4 Å².